The molecule has 0 amide bonds. The van der Waals surface area contributed by atoms with Crippen molar-refractivity contribution in [3.05, 3.63) is 53.3 Å². The molecular formula is C14H15ClN2O2. The Bertz CT molecular complexity index is 575. The lowest BCUT2D eigenvalue weighted by molar-refractivity contribution is 0.400. The Morgan fingerprint density at radius 2 is 1.95 bits per heavy atom. The second kappa shape index (κ2) is 5.47. The predicted octanol–water partition coefficient (Wildman–Crippen LogP) is 2.15. The number of pyridine rings is 1. The van der Waals surface area contributed by atoms with E-state index < -0.39 is 0 Å². The van der Waals surface area contributed by atoms with Crippen molar-refractivity contribution in [2.75, 3.05) is 6.54 Å². The SMILES string of the molecule is Cl.Oc1cc2c(cc1O)C(c1ccccn1)NCC2. The van der Waals surface area contributed by atoms with Crippen LogP contribution in [0, 0.1) is 0 Å². The molecule has 1 unspecified atom stereocenters. The molecule has 3 rings (SSSR count). The Kier molecular flexibility index (Phi) is 3.93. The predicted molar refractivity (Wildman–Crippen MR) is 74.8 cm³/mol. The third kappa shape index (κ3) is 2.50. The molecule has 1 aromatic carbocycles. The molecule has 3 N–H and O–H groups in total. The van der Waals surface area contributed by atoms with Gasteiger partial charge in [0.05, 0.1) is 11.7 Å². The van der Waals surface area contributed by atoms with Crippen LogP contribution in [0.25, 0.3) is 0 Å². The number of hydrogen-bond donors (Lipinski definition) is 3. The Hall–Kier alpha value is -1.78. The van der Waals surface area contributed by atoms with Crippen molar-refractivity contribution in [1.82, 2.24) is 10.3 Å². The summed E-state index contributed by atoms with van der Waals surface area (Å²) in [6.07, 6.45) is 2.60. The number of benzene rings is 1. The molecule has 4 nitrogen and oxygen atoms in total. The van der Waals surface area contributed by atoms with Crippen LogP contribution in [0.3, 0.4) is 0 Å². The van der Waals surface area contributed by atoms with Crippen LogP contribution in [-0.2, 0) is 6.42 Å². The van der Waals surface area contributed by atoms with Crippen molar-refractivity contribution in [2.24, 2.45) is 0 Å². The lowest BCUT2D eigenvalue weighted by atomic mass is 9.91. The van der Waals surface area contributed by atoms with E-state index in [1.54, 1.807) is 18.3 Å². The van der Waals surface area contributed by atoms with Crippen molar-refractivity contribution in [2.45, 2.75) is 12.5 Å². The number of phenolic OH excluding ortho intramolecular Hbond substituents is 2. The van der Waals surface area contributed by atoms with E-state index in [4.69, 9.17) is 0 Å². The molecule has 0 spiro atoms. The molecule has 19 heavy (non-hydrogen) atoms. The summed E-state index contributed by atoms with van der Waals surface area (Å²) in [5, 5.41) is 22.6. The van der Waals surface area contributed by atoms with Gasteiger partial charge in [0, 0.05) is 12.7 Å². The summed E-state index contributed by atoms with van der Waals surface area (Å²) in [5.41, 5.74) is 2.96. The van der Waals surface area contributed by atoms with Gasteiger partial charge < -0.3 is 15.5 Å². The molecule has 0 saturated heterocycles. The molecule has 100 valence electrons. The molecule has 1 aliphatic heterocycles. The Labute approximate surface area is 117 Å². The van der Waals surface area contributed by atoms with E-state index in [2.05, 4.69) is 10.3 Å². The van der Waals surface area contributed by atoms with Gasteiger partial charge in [-0.15, -0.1) is 12.4 Å². The number of nitrogens with zero attached hydrogens (tertiary/aromatic N) is 1. The highest BCUT2D eigenvalue weighted by Gasteiger charge is 2.23. The van der Waals surface area contributed by atoms with Crippen LogP contribution in [0.4, 0.5) is 0 Å². The van der Waals surface area contributed by atoms with Crippen molar-refractivity contribution in [1.29, 1.82) is 0 Å². The molecular weight excluding hydrogens is 264 g/mol. The zero-order valence-electron chi connectivity index (χ0n) is 10.2. The molecule has 2 heterocycles. The summed E-state index contributed by atoms with van der Waals surface area (Å²) in [5.74, 6) is -0.145. The first-order chi connectivity index (χ1) is 8.75. The molecule has 1 aromatic heterocycles. The minimum absolute atomic E-state index is 0. The number of aromatic nitrogens is 1. The van der Waals surface area contributed by atoms with E-state index in [-0.39, 0.29) is 29.9 Å². The number of nitrogens with one attached hydrogen (secondary N) is 1. The Morgan fingerprint density at radius 3 is 2.68 bits per heavy atom. The highest BCUT2D eigenvalue weighted by atomic mass is 35.5. The minimum Gasteiger partial charge on any atom is -0.504 e. The van der Waals surface area contributed by atoms with Crippen molar-refractivity contribution in [3.8, 4) is 11.5 Å². The van der Waals surface area contributed by atoms with Crippen molar-refractivity contribution in [3.63, 3.8) is 0 Å². The van der Waals surface area contributed by atoms with Crippen LogP contribution < -0.4 is 5.32 Å². The highest BCUT2D eigenvalue weighted by Crippen LogP contribution is 2.35. The second-order valence-corrected chi connectivity index (χ2v) is 4.43. The van der Waals surface area contributed by atoms with Crippen LogP contribution in [0.2, 0.25) is 0 Å². The van der Waals surface area contributed by atoms with E-state index in [9.17, 15) is 10.2 Å². The molecule has 0 saturated carbocycles. The van der Waals surface area contributed by atoms with Crippen LogP contribution in [0.5, 0.6) is 11.5 Å². The quantitative estimate of drug-likeness (QED) is 0.700. The highest BCUT2D eigenvalue weighted by molar-refractivity contribution is 5.85. The van der Waals surface area contributed by atoms with Gasteiger partial charge >= 0.3 is 0 Å². The molecule has 0 aliphatic carbocycles. The van der Waals surface area contributed by atoms with Gasteiger partial charge in [0.25, 0.3) is 0 Å². The van der Waals surface area contributed by atoms with Gasteiger partial charge in [-0.25, -0.2) is 0 Å². The molecule has 1 atom stereocenters. The maximum atomic E-state index is 9.64. The summed E-state index contributed by atoms with van der Waals surface area (Å²) >= 11 is 0. The number of fused-ring (bicyclic) bond motifs is 1. The Balaban J connectivity index is 0.00000133. The average Bonchev–Trinajstić information content (AvgIpc) is 2.40. The van der Waals surface area contributed by atoms with E-state index in [1.165, 1.54) is 0 Å². The zero-order valence-corrected chi connectivity index (χ0v) is 11.0. The van der Waals surface area contributed by atoms with E-state index in [1.807, 2.05) is 18.2 Å². The topological polar surface area (TPSA) is 65.4 Å². The number of hydrogen-bond acceptors (Lipinski definition) is 4. The summed E-state index contributed by atoms with van der Waals surface area (Å²) in [4.78, 5) is 4.35. The number of rotatable bonds is 1. The first kappa shape index (κ1) is 13.6. The molecule has 0 fully saturated rings. The van der Waals surface area contributed by atoms with Gasteiger partial charge in [0.15, 0.2) is 11.5 Å². The summed E-state index contributed by atoms with van der Waals surface area (Å²) in [6, 6.07) is 9.01. The molecule has 5 heteroatoms. The Morgan fingerprint density at radius 1 is 1.16 bits per heavy atom. The fourth-order valence-electron chi connectivity index (χ4n) is 2.39. The van der Waals surface area contributed by atoms with E-state index in [0.717, 1.165) is 29.8 Å². The normalized spacial score (nSPS) is 17.4. The fourth-order valence-corrected chi connectivity index (χ4v) is 2.39. The number of halogens is 1. The minimum atomic E-state index is -0.0848. The molecule has 0 radical (unpaired) electrons. The monoisotopic (exact) mass is 278 g/mol. The van der Waals surface area contributed by atoms with Gasteiger partial charge in [-0.2, -0.15) is 0 Å². The van der Waals surface area contributed by atoms with Crippen LogP contribution >= 0.6 is 12.4 Å². The first-order valence-electron chi connectivity index (χ1n) is 5.95. The van der Waals surface area contributed by atoms with E-state index >= 15 is 0 Å². The zero-order chi connectivity index (χ0) is 12.5. The van der Waals surface area contributed by atoms with Gasteiger partial charge in [0.2, 0.25) is 0 Å². The summed E-state index contributed by atoms with van der Waals surface area (Å²) < 4.78 is 0. The largest absolute Gasteiger partial charge is 0.504 e. The average molecular weight is 279 g/mol. The van der Waals surface area contributed by atoms with Crippen molar-refractivity contribution >= 4 is 12.4 Å². The summed E-state index contributed by atoms with van der Waals surface area (Å²) in [6.45, 7) is 0.832. The third-order valence-corrected chi connectivity index (χ3v) is 3.27. The molecule has 2 aromatic rings. The van der Waals surface area contributed by atoms with Gasteiger partial charge in [0.1, 0.15) is 0 Å². The smallest absolute Gasteiger partial charge is 0.157 e. The maximum absolute atomic E-state index is 9.64. The third-order valence-electron chi connectivity index (χ3n) is 3.27. The molecule has 0 bridgehead atoms. The standard InChI is InChI=1S/C14H14N2O2.ClH/c17-12-7-9-4-6-16-14(10(9)8-13(12)18)11-3-1-2-5-15-11;/h1-3,5,7-8,14,16-18H,4,6H2;1H. The summed E-state index contributed by atoms with van der Waals surface area (Å²) in [7, 11) is 0. The second-order valence-electron chi connectivity index (χ2n) is 4.43. The van der Waals surface area contributed by atoms with Gasteiger partial charge in [-0.3, -0.25) is 4.98 Å². The number of phenols is 2. The maximum Gasteiger partial charge on any atom is 0.157 e. The van der Waals surface area contributed by atoms with Crippen LogP contribution in [0.1, 0.15) is 22.9 Å². The fraction of sp³-hybridized carbons (Fsp3) is 0.214. The van der Waals surface area contributed by atoms with Crippen molar-refractivity contribution < 1.29 is 10.2 Å². The van der Waals surface area contributed by atoms with Gasteiger partial charge in [-0.05, 0) is 41.8 Å². The lowest BCUT2D eigenvalue weighted by Crippen LogP contribution is -2.31. The van der Waals surface area contributed by atoms with Crippen LogP contribution in [0.15, 0.2) is 36.5 Å². The first-order valence-corrected chi connectivity index (χ1v) is 5.95. The van der Waals surface area contributed by atoms with E-state index in [0.29, 0.717) is 0 Å². The molecule has 1 aliphatic rings. The number of aromatic hydroxyl groups is 2. The lowest BCUT2D eigenvalue weighted by Gasteiger charge is -2.27. The van der Waals surface area contributed by atoms with Gasteiger partial charge in [-0.1, -0.05) is 6.07 Å². The van der Waals surface area contributed by atoms with Crippen LogP contribution in [-0.4, -0.2) is 21.7 Å².